The number of hydrogen-bond acceptors (Lipinski definition) is 8. The Kier molecular flexibility index (Phi) is 42.8. The van der Waals surface area contributed by atoms with Crippen LogP contribution in [0.25, 0.3) is 0 Å². The van der Waals surface area contributed by atoms with Crippen molar-refractivity contribution in [2.24, 2.45) is 0 Å². The van der Waals surface area contributed by atoms with Gasteiger partial charge < -0.3 is 24.6 Å². The number of carbonyl (C=O) groups excluding carboxylic acids is 1. The summed E-state index contributed by atoms with van der Waals surface area (Å²) in [5, 5.41) is 18.4. The Morgan fingerprint density at radius 2 is 0.983 bits per heavy atom. The van der Waals surface area contributed by atoms with Gasteiger partial charge in [-0.05, 0) is 83.5 Å². The number of unbranched alkanes of at least 4 members (excludes halogenated alkanes) is 17. The van der Waals surface area contributed by atoms with Gasteiger partial charge in [0.05, 0.1) is 26.4 Å². The first-order valence-corrected chi connectivity index (χ1v) is 24.4. The first kappa shape index (κ1) is 55.9. The smallest absolute Gasteiger partial charge is 0.457 e. The van der Waals surface area contributed by atoms with Crippen LogP contribution in [0.1, 0.15) is 181 Å². The number of ether oxygens (including phenoxy) is 2. The summed E-state index contributed by atoms with van der Waals surface area (Å²) in [6.45, 7) is 3.34. The zero-order valence-electron chi connectivity index (χ0n) is 36.7. The highest BCUT2D eigenvalue weighted by atomic mass is 31.2. The van der Waals surface area contributed by atoms with Crippen LogP contribution in [0.2, 0.25) is 0 Å². The molecule has 0 aliphatic carbocycles. The molecule has 0 aromatic rings. The highest BCUT2D eigenvalue weighted by Gasteiger charge is 2.26. The number of esters is 1. The summed E-state index contributed by atoms with van der Waals surface area (Å²) in [6.07, 6.45) is 52.8. The highest BCUT2D eigenvalue weighted by molar-refractivity contribution is 7.47. The third-order valence-corrected chi connectivity index (χ3v) is 10.3. The Hall–Kier alpha value is -2.10. The van der Waals surface area contributed by atoms with Gasteiger partial charge in [0.1, 0.15) is 12.2 Å². The van der Waals surface area contributed by atoms with E-state index in [-0.39, 0.29) is 19.6 Å². The van der Waals surface area contributed by atoms with Gasteiger partial charge in [0.25, 0.3) is 0 Å². The molecule has 0 saturated carbocycles. The van der Waals surface area contributed by atoms with Crippen LogP contribution in [0.3, 0.4) is 0 Å². The molecule has 3 atom stereocenters. The quantitative estimate of drug-likeness (QED) is 0.0238. The van der Waals surface area contributed by atoms with E-state index in [1.807, 2.05) is 0 Å². The average molecular weight is 837 g/mol. The Morgan fingerprint density at radius 1 is 0.552 bits per heavy atom. The third kappa shape index (κ3) is 43.5. The maximum Gasteiger partial charge on any atom is 0.472 e. The van der Waals surface area contributed by atoms with Crippen LogP contribution < -0.4 is 0 Å². The predicted octanol–water partition coefficient (Wildman–Crippen LogP) is 12.9. The van der Waals surface area contributed by atoms with Crippen LogP contribution in [0, 0.1) is 0 Å². The molecule has 0 amide bonds. The van der Waals surface area contributed by atoms with Crippen molar-refractivity contribution in [3.05, 3.63) is 72.9 Å². The van der Waals surface area contributed by atoms with E-state index in [2.05, 4.69) is 86.8 Å². The first-order valence-electron chi connectivity index (χ1n) is 22.9. The van der Waals surface area contributed by atoms with E-state index in [0.717, 1.165) is 83.5 Å². The molecule has 3 unspecified atom stereocenters. The molecule has 0 aromatic carbocycles. The Labute approximate surface area is 354 Å². The SMILES string of the molecule is CC/C=C\C/C=C\C/C=C\CCCCCCCCCC(=O)OC(COCCCCCCCCC/C=C\C/C=C\C/C=C\CCCCC)COP(=O)(O)OCC(O)CO. The fourth-order valence-electron chi connectivity index (χ4n) is 5.91. The molecule has 3 N–H and O–H groups in total. The average Bonchev–Trinajstić information content (AvgIpc) is 3.21. The van der Waals surface area contributed by atoms with E-state index in [0.29, 0.717) is 13.0 Å². The van der Waals surface area contributed by atoms with Crippen molar-refractivity contribution in [2.45, 2.75) is 193 Å². The number of hydrogen-bond donors (Lipinski definition) is 3. The lowest BCUT2D eigenvalue weighted by Crippen LogP contribution is -2.29. The van der Waals surface area contributed by atoms with E-state index in [9.17, 15) is 19.4 Å². The molecular formula is C48H85O9P. The van der Waals surface area contributed by atoms with Gasteiger partial charge in [-0.15, -0.1) is 0 Å². The summed E-state index contributed by atoms with van der Waals surface area (Å²) in [7, 11) is -4.53. The predicted molar refractivity (Wildman–Crippen MR) is 242 cm³/mol. The van der Waals surface area contributed by atoms with Gasteiger partial charge in [-0.3, -0.25) is 13.8 Å². The van der Waals surface area contributed by atoms with Gasteiger partial charge >= 0.3 is 13.8 Å². The van der Waals surface area contributed by atoms with Crippen molar-refractivity contribution in [3.63, 3.8) is 0 Å². The number of allylic oxidation sites excluding steroid dienone is 12. The number of aliphatic hydroxyl groups is 2. The number of phosphoric acid groups is 1. The lowest BCUT2D eigenvalue weighted by atomic mass is 10.1. The third-order valence-electron chi connectivity index (χ3n) is 9.38. The van der Waals surface area contributed by atoms with Gasteiger partial charge in [0.15, 0.2) is 0 Å². The highest BCUT2D eigenvalue weighted by Crippen LogP contribution is 2.43. The number of rotatable bonds is 43. The van der Waals surface area contributed by atoms with Crippen LogP contribution in [0.4, 0.5) is 0 Å². The second-order valence-electron chi connectivity index (χ2n) is 15.0. The molecule has 336 valence electrons. The van der Waals surface area contributed by atoms with E-state index in [1.54, 1.807) is 0 Å². The van der Waals surface area contributed by atoms with E-state index < -0.39 is 39.2 Å². The second kappa shape index (κ2) is 44.5. The van der Waals surface area contributed by atoms with Crippen molar-refractivity contribution in [2.75, 3.05) is 33.0 Å². The van der Waals surface area contributed by atoms with Crippen molar-refractivity contribution in [1.82, 2.24) is 0 Å². The molecule has 0 aromatic heterocycles. The van der Waals surface area contributed by atoms with Crippen LogP contribution in [-0.2, 0) is 27.9 Å². The fourth-order valence-corrected chi connectivity index (χ4v) is 6.70. The van der Waals surface area contributed by atoms with Crippen LogP contribution >= 0.6 is 7.82 Å². The molecule has 10 heteroatoms. The summed E-state index contributed by atoms with van der Waals surface area (Å²) in [6, 6.07) is 0. The summed E-state index contributed by atoms with van der Waals surface area (Å²) in [4.78, 5) is 22.6. The lowest BCUT2D eigenvalue weighted by Gasteiger charge is -2.20. The zero-order valence-corrected chi connectivity index (χ0v) is 37.6. The molecule has 9 nitrogen and oxygen atoms in total. The molecule has 58 heavy (non-hydrogen) atoms. The topological polar surface area (TPSA) is 132 Å². The van der Waals surface area contributed by atoms with Crippen molar-refractivity contribution in [3.8, 4) is 0 Å². The maximum absolute atomic E-state index is 12.6. The summed E-state index contributed by atoms with van der Waals surface area (Å²) >= 11 is 0. The summed E-state index contributed by atoms with van der Waals surface area (Å²) in [5.41, 5.74) is 0. The molecule has 0 bridgehead atoms. The standard InChI is InChI=1S/C48H85O9P/c1-3-5-7-9-11-13-15-17-19-21-22-23-25-27-29-31-33-35-37-39-41-54-44-47(45-56-58(52,53)55-43-46(50)42-49)57-48(51)40-38-36-34-32-30-28-26-24-20-18-16-14-12-10-8-6-4-2/h6,8,11-14,17-20,22-23,46-47,49-50H,3-5,7,9-10,15-16,21,24-45H2,1-2H3,(H,52,53)/b8-6-,13-11-,14-12-,19-17-,20-18-,23-22-. The lowest BCUT2D eigenvalue weighted by molar-refractivity contribution is -0.154. The van der Waals surface area contributed by atoms with E-state index in [1.165, 1.54) is 70.6 Å². The maximum atomic E-state index is 12.6. The number of phosphoric ester groups is 1. The van der Waals surface area contributed by atoms with Crippen molar-refractivity contribution < 1.29 is 43.0 Å². The Balaban J connectivity index is 4.19. The molecule has 0 aliphatic rings. The van der Waals surface area contributed by atoms with Gasteiger partial charge in [0, 0.05) is 13.0 Å². The van der Waals surface area contributed by atoms with E-state index >= 15 is 0 Å². The molecule has 0 aliphatic heterocycles. The molecule has 0 saturated heterocycles. The number of aliphatic hydroxyl groups excluding tert-OH is 2. The molecule has 0 radical (unpaired) electrons. The molecule has 0 heterocycles. The number of carbonyl (C=O) groups is 1. The van der Waals surface area contributed by atoms with Crippen molar-refractivity contribution >= 4 is 13.8 Å². The fraction of sp³-hybridized carbons (Fsp3) is 0.729. The minimum absolute atomic E-state index is 0.0347. The van der Waals surface area contributed by atoms with Crippen LogP contribution in [0.5, 0.6) is 0 Å². The van der Waals surface area contributed by atoms with Crippen LogP contribution in [-0.4, -0.2) is 66.3 Å². The Morgan fingerprint density at radius 3 is 1.48 bits per heavy atom. The zero-order chi connectivity index (χ0) is 42.5. The monoisotopic (exact) mass is 837 g/mol. The van der Waals surface area contributed by atoms with Gasteiger partial charge in [-0.25, -0.2) is 4.57 Å². The van der Waals surface area contributed by atoms with Crippen LogP contribution in [0.15, 0.2) is 72.9 Å². The first-order chi connectivity index (χ1) is 28.3. The molecule has 0 rings (SSSR count). The largest absolute Gasteiger partial charge is 0.472 e. The molecule has 0 fully saturated rings. The minimum Gasteiger partial charge on any atom is -0.457 e. The van der Waals surface area contributed by atoms with Gasteiger partial charge in [-0.1, -0.05) is 164 Å². The second-order valence-corrected chi connectivity index (χ2v) is 16.5. The molecule has 0 spiro atoms. The van der Waals surface area contributed by atoms with Crippen molar-refractivity contribution in [1.29, 1.82) is 0 Å². The summed E-state index contributed by atoms with van der Waals surface area (Å²) in [5.74, 6) is -0.399. The van der Waals surface area contributed by atoms with Gasteiger partial charge in [0.2, 0.25) is 0 Å². The summed E-state index contributed by atoms with van der Waals surface area (Å²) < 4.78 is 33.4. The Bertz CT molecular complexity index is 1130. The van der Waals surface area contributed by atoms with Gasteiger partial charge in [-0.2, -0.15) is 0 Å². The minimum atomic E-state index is -4.53. The molecular weight excluding hydrogens is 751 g/mol. The van der Waals surface area contributed by atoms with E-state index in [4.69, 9.17) is 23.6 Å². The normalized spacial score (nSPS) is 14.6.